The van der Waals surface area contributed by atoms with Crippen molar-refractivity contribution in [2.45, 2.75) is 31.8 Å². The van der Waals surface area contributed by atoms with Crippen molar-refractivity contribution in [1.82, 2.24) is 4.98 Å². The maximum Gasteiger partial charge on any atom is 0.118 e. The van der Waals surface area contributed by atoms with E-state index in [0.29, 0.717) is 6.42 Å². The first kappa shape index (κ1) is 14.5. The van der Waals surface area contributed by atoms with Crippen molar-refractivity contribution in [3.05, 3.63) is 59.9 Å². The van der Waals surface area contributed by atoms with Crippen LogP contribution in [0.1, 0.15) is 24.0 Å². The molecule has 20 heavy (non-hydrogen) atoms. The Morgan fingerprint density at radius 1 is 1.15 bits per heavy atom. The molecule has 0 fully saturated rings. The molecule has 0 bridgehead atoms. The maximum atomic E-state index is 10.0. The van der Waals surface area contributed by atoms with Gasteiger partial charge in [-0.3, -0.25) is 4.98 Å². The predicted molar refractivity (Wildman–Crippen MR) is 79.9 cm³/mol. The van der Waals surface area contributed by atoms with Gasteiger partial charge in [0.05, 0.1) is 13.2 Å². The van der Waals surface area contributed by atoms with Crippen LogP contribution >= 0.6 is 0 Å². The summed E-state index contributed by atoms with van der Waals surface area (Å²) < 4.78 is 5.13. The van der Waals surface area contributed by atoms with E-state index in [1.54, 1.807) is 13.3 Å². The van der Waals surface area contributed by atoms with Gasteiger partial charge in [0.15, 0.2) is 0 Å². The Labute approximate surface area is 120 Å². The molecule has 1 aromatic carbocycles. The van der Waals surface area contributed by atoms with E-state index in [4.69, 9.17) is 4.74 Å². The Kier molecular flexibility index (Phi) is 5.56. The van der Waals surface area contributed by atoms with E-state index < -0.39 is 0 Å². The van der Waals surface area contributed by atoms with Crippen molar-refractivity contribution < 1.29 is 9.84 Å². The summed E-state index contributed by atoms with van der Waals surface area (Å²) in [5.41, 5.74) is 2.36. The smallest absolute Gasteiger partial charge is 0.118 e. The van der Waals surface area contributed by atoms with Gasteiger partial charge in [-0.15, -0.1) is 0 Å². The molecule has 1 unspecified atom stereocenters. The Balaban J connectivity index is 1.72. The van der Waals surface area contributed by atoms with Gasteiger partial charge >= 0.3 is 0 Å². The molecular formula is C17H21NO2. The van der Waals surface area contributed by atoms with Crippen molar-refractivity contribution in [2.75, 3.05) is 7.11 Å². The minimum atomic E-state index is -0.294. The van der Waals surface area contributed by atoms with Gasteiger partial charge in [-0.05, 0) is 55.0 Å². The molecule has 0 aliphatic carbocycles. The molecule has 0 radical (unpaired) electrons. The zero-order valence-electron chi connectivity index (χ0n) is 11.8. The molecule has 1 aromatic heterocycles. The molecule has 0 aliphatic heterocycles. The molecule has 1 heterocycles. The molecule has 0 amide bonds. The van der Waals surface area contributed by atoms with Gasteiger partial charge in [0.2, 0.25) is 0 Å². The lowest BCUT2D eigenvalue weighted by atomic mass is 10.0. The summed E-state index contributed by atoms with van der Waals surface area (Å²) in [6.45, 7) is 0. The standard InChI is InChI=1S/C17H21NO2/c1-20-17-9-7-14(8-10-17)4-2-6-16(19)12-15-5-3-11-18-13-15/h3,5,7-11,13,16,19H,2,4,6,12H2,1H3. The average molecular weight is 271 g/mol. The average Bonchev–Trinajstić information content (AvgIpc) is 2.49. The SMILES string of the molecule is COc1ccc(CCCC(O)Cc2cccnc2)cc1. The van der Waals surface area contributed by atoms with Crippen molar-refractivity contribution in [2.24, 2.45) is 0 Å². The first-order chi connectivity index (χ1) is 9.78. The van der Waals surface area contributed by atoms with Crippen LogP contribution < -0.4 is 4.74 Å². The molecule has 1 N–H and O–H groups in total. The van der Waals surface area contributed by atoms with Gasteiger partial charge in [0.1, 0.15) is 5.75 Å². The maximum absolute atomic E-state index is 10.0. The molecule has 3 nitrogen and oxygen atoms in total. The van der Waals surface area contributed by atoms with E-state index in [1.807, 2.05) is 30.5 Å². The number of ether oxygens (including phenoxy) is 1. The van der Waals surface area contributed by atoms with Gasteiger partial charge in [0.25, 0.3) is 0 Å². The molecule has 2 rings (SSSR count). The lowest BCUT2D eigenvalue weighted by Crippen LogP contribution is -2.10. The third-order valence-corrected chi connectivity index (χ3v) is 3.36. The zero-order chi connectivity index (χ0) is 14.2. The first-order valence-corrected chi connectivity index (χ1v) is 6.98. The topological polar surface area (TPSA) is 42.4 Å². The number of hydrogen-bond acceptors (Lipinski definition) is 3. The van der Waals surface area contributed by atoms with E-state index in [-0.39, 0.29) is 6.10 Å². The van der Waals surface area contributed by atoms with Crippen LogP contribution in [-0.4, -0.2) is 23.3 Å². The lowest BCUT2D eigenvalue weighted by molar-refractivity contribution is 0.162. The second-order valence-corrected chi connectivity index (χ2v) is 4.96. The van der Waals surface area contributed by atoms with Crippen LogP contribution in [0.5, 0.6) is 5.75 Å². The van der Waals surface area contributed by atoms with Crippen LogP contribution in [0.2, 0.25) is 0 Å². The number of benzene rings is 1. The fourth-order valence-electron chi connectivity index (χ4n) is 2.23. The minimum absolute atomic E-state index is 0.294. The monoisotopic (exact) mass is 271 g/mol. The predicted octanol–water partition coefficient (Wildman–Crippen LogP) is 3.02. The molecule has 0 saturated heterocycles. The highest BCUT2D eigenvalue weighted by molar-refractivity contribution is 5.27. The molecule has 0 saturated carbocycles. The quantitative estimate of drug-likeness (QED) is 0.841. The van der Waals surface area contributed by atoms with Crippen molar-refractivity contribution in [3.8, 4) is 5.75 Å². The van der Waals surface area contributed by atoms with E-state index >= 15 is 0 Å². The molecule has 106 valence electrons. The second kappa shape index (κ2) is 7.65. The third-order valence-electron chi connectivity index (χ3n) is 3.36. The van der Waals surface area contributed by atoms with E-state index in [9.17, 15) is 5.11 Å². The fraction of sp³-hybridized carbons (Fsp3) is 0.353. The Bertz CT molecular complexity index is 496. The summed E-state index contributed by atoms with van der Waals surface area (Å²) in [4.78, 5) is 4.06. The third kappa shape index (κ3) is 4.67. The molecule has 0 aliphatic rings. The summed E-state index contributed by atoms with van der Waals surface area (Å²) in [5, 5.41) is 10.0. The number of pyridine rings is 1. The highest BCUT2D eigenvalue weighted by Gasteiger charge is 2.05. The van der Waals surface area contributed by atoms with Crippen molar-refractivity contribution in [3.63, 3.8) is 0 Å². The summed E-state index contributed by atoms with van der Waals surface area (Å²) >= 11 is 0. The summed E-state index contributed by atoms with van der Waals surface area (Å²) in [5.74, 6) is 0.880. The van der Waals surface area contributed by atoms with Crippen molar-refractivity contribution >= 4 is 0 Å². The molecule has 3 heteroatoms. The fourth-order valence-corrected chi connectivity index (χ4v) is 2.23. The normalized spacial score (nSPS) is 12.1. The molecular weight excluding hydrogens is 250 g/mol. The van der Waals surface area contributed by atoms with Crippen LogP contribution in [0, 0.1) is 0 Å². The van der Waals surface area contributed by atoms with Crippen molar-refractivity contribution in [1.29, 1.82) is 0 Å². The van der Waals surface area contributed by atoms with E-state index in [0.717, 1.165) is 30.6 Å². The highest BCUT2D eigenvalue weighted by atomic mass is 16.5. The highest BCUT2D eigenvalue weighted by Crippen LogP contribution is 2.14. The molecule has 0 spiro atoms. The Morgan fingerprint density at radius 3 is 2.60 bits per heavy atom. The number of aryl methyl sites for hydroxylation is 1. The lowest BCUT2D eigenvalue weighted by Gasteiger charge is -2.10. The first-order valence-electron chi connectivity index (χ1n) is 6.98. The van der Waals surface area contributed by atoms with Gasteiger partial charge in [-0.2, -0.15) is 0 Å². The number of hydrogen-bond donors (Lipinski definition) is 1. The molecule has 1 atom stereocenters. The number of nitrogens with zero attached hydrogens (tertiary/aromatic N) is 1. The van der Waals surface area contributed by atoms with Gasteiger partial charge in [-0.1, -0.05) is 18.2 Å². The van der Waals surface area contributed by atoms with Crippen LogP contribution in [0.3, 0.4) is 0 Å². The Hall–Kier alpha value is -1.87. The summed E-state index contributed by atoms with van der Waals surface area (Å²) in [6, 6.07) is 12.0. The zero-order valence-corrected chi connectivity index (χ0v) is 11.8. The number of methoxy groups -OCH3 is 1. The Morgan fingerprint density at radius 2 is 1.95 bits per heavy atom. The molecule has 2 aromatic rings. The number of aliphatic hydroxyl groups is 1. The van der Waals surface area contributed by atoms with Gasteiger partial charge in [0, 0.05) is 12.4 Å². The second-order valence-electron chi connectivity index (χ2n) is 4.96. The van der Waals surface area contributed by atoms with E-state index in [1.165, 1.54) is 5.56 Å². The summed E-state index contributed by atoms with van der Waals surface area (Å²) in [6.07, 6.45) is 6.71. The van der Waals surface area contributed by atoms with Crippen LogP contribution in [0.4, 0.5) is 0 Å². The number of aromatic nitrogens is 1. The largest absolute Gasteiger partial charge is 0.497 e. The van der Waals surface area contributed by atoms with Crippen LogP contribution in [-0.2, 0) is 12.8 Å². The van der Waals surface area contributed by atoms with E-state index in [2.05, 4.69) is 17.1 Å². The van der Waals surface area contributed by atoms with Crippen LogP contribution in [0.25, 0.3) is 0 Å². The van der Waals surface area contributed by atoms with Gasteiger partial charge in [-0.25, -0.2) is 0 Å². The summed E-state index contributed by atoms with van der Waals surface area (Å²) in [7, 11) is 1.67. The van der Waals surface area contributed by atoms with Crippen LogP contribution in [0.15, 0.2) is 48.8 Å². The minimum Gasteiger partial charge on any atom is -0.497 e. The van der Waals surface area contributed by atoms with Gasteiger partial charge < -0.3 is 9.84 Å². The number of aliphatic hydroxyl groups excluding tert-OH is 1. The number of rotatable bonds is 7.